The van der Waals surface area contributed by atoms with Crippen molar-refractivity contribution < 1.29 is 4.74 Å². The molecule has 2 aromatic rings. The number of methoxy groups -OCH3 is 1. The standard InChI is InChI=1S/C28H42N4OS/c1-5-6-7-8-9-10-11-12-13-16-19-31-20-21-34-27(31)18-15-14-17-26-24(3)29-28-25(22-33-4)23(2)30-32(26)28/h14-15,17-18,20-21H,5-13,16,19,22H2,1-4H3/b15-14+,26-17-,27-18-. The third-order valence-corrected chi connectivity index (χ3v) is 7.26. The van der Waals surface area contributed by atoms with Gasteiger partial charge in [-0.25, -0.2) is 9.50 Å². The van der Waals surface area contributed by atoms with E-state index in [2.05, 4.69) is 52.8 Å². The second kappa shape index (κ2) is 14.4. The minimum atomic E-state index is 0.534. The van der Waals surface area contributed by atoms with Gasteiger partial charge in [0.15, 0.2) is 5.65 Å². The molecule has 1 aliphatic heterocycles. The summed E-state index contributed by atoms with van der Waals surface area (Å²) in [6.07, 6.45) is 24.5. The molecule has 0 saturated heterocycles. The molecule has 186 valence electrons. The van der Waals surface area contributed by atoms with E-state index in [0.717, 1.165) is 34.5 Å². The van der Waals surface area contributed by atoms with Crippen molar-refractivity contribution in [1.29, 1.82) is 0 Å². The lowest BCUT2D eigenvalue weighted by Gasteiger charge is -2.16. The Bertz CT molecular complexity index is 1040. The summed E-state index contributed by atoms with van der Waals surface area (Å²) in [5.74, 6) is 0. The van der Waals surface area contributed by atoms with Crippen LogP contribution in [0, 0.1) is 13.8 Å². The lowest BCUT2D eigenvalue weighted by atomic mass is 10.1. The van der Waals surface area contributed by atoms with E-state index in [1.165, 1.54) is 69.2 Å². The Morgan fingerprint density at radius 1 is 0.912 bits per heavy atom. The second-order valence-electron chi connectivity index (χ2n) is 9.15. The van der Waals surface area contributed by atoms with Crippen LogP contribution in [0.25, 0.3) is 11.7 Å². The van der Waals surface area contributed by atoms with E-state index in [4.69, 9.17) is 9.72 Å². The van der Waals surface area contributed by atoms with Gasteiger partial charge < -0.3 is 9.64 Å². The number of allylic oxidation sites excluding steroid dienone is 3. The highest BCUT2D eigenvalue weighted by Gasteiger charge is 2.14. The summed E-state index contributed by atoms with van der Waals surface area (Å²) >= 11 is 1.79. The predicted molar refractivity (Wildman–Crippen MR) is 145 cm³/mol. The summed E-state index contributed by atoms with van der Waals surface area (Å²) in [6.45, 7) is 7.96. The Labute approximate surface area is 210 Å². The Hall–Kier alpha value is -2.05. The first-order valence-electron chi connectivity index (χ1n) is 13.0. The number of rotatable bonds is 15. The smallest absolute Gasteiger partial charge is 0.161 e. The van der Waals surface area contributed by atoms with Gasteiger partial charge in [-0.1, -0.05) is 88.6 Å². The van der Waals surface area contributed by atoms with Crippen molar-refractivity contribution in [2.24, 2.45) is 0 Å². The number of thioether (sulfide) groups is 1. The van der Waals surface area contributed by atoms with E-state index in [9.17, 15) is 0 Å². The monoisotopic (exact) mass is 482 g/mol. The van der Waals surface area contributed by atoms with Crippen LogP contribution < -0.4 is 5.35 Å². The summed E-state index contributed by atoms with van der Waals surface area (Å²) in [5.41, 5.74) is 3.92. The highest BCUT2D eigenvalue weighted by Crippen LogP contribution is 2.29. The van der Waals surface area contributed by atoms with Crippen LogP contribution in [0.3, 0.4) is 0 Å². The molecule has 0 bridgehead atoms. The Morgan fingerprint density at radius 2 is 1.59 bits per heavy atom. The number of hydrogen-bond acceptors (Lipinski definition) is 5. The van der Waals surface area contributed by atoms with Crippen molar-refractivity contribution in [2.75, 3.05) is 13.7 Å². The van der Waals surface area contributed by atoms with E-state index in [0.29, 0.717) is 6.61 Å². The molecule has 3 heterocycles. The molecule has 6 heteroatoms. The molecule has 34 heavy (non-hydrogen) atoms. The molecule has 0 fully saturated rings. The third-order valence-electron chi connectivity index (χ3n) is 6.39. The molecular weight excluding hydrogens is 440 g/mol. The molecule has 0 saturated carbocycles. The van der Waals surface area contributed by atoms with E-state index in [-0.39, 0.29) is 0 Å². The molecule has 0 amide bonds. The molecule has 0 aromatic carbocycles. The summed E-state index contributed by atoms with van der Waals surface area (Å²) in [6, 6.07) is 0. The molecule has 0 atom stereocenters. The minimum Gasteiger partial charge on any atom is -0.380 e. The average molecular weight is 483 g/mol. The highest BCUT2D eigenvalue weighted by atomic mass is 32.2. The first-order chi connectivity index (χ1) is 16.7. The highest BCUT2D eigenvalue weighted by molar-refractivity contribution is 8.06. The number of fused-ring (bicyclic) bond motifs is 1. The zero-order chi connectivity index (χ0) is 24.2. The van der Waals surface area contributed by atoms with Crippen LogP contribution in [0.1, 0.15) is 88.1 Å². The Morgan fingerprint density at radius 3 is 2.29 bits per heavy atom. The average Bonchev–Trinajstić information content (AvgIpc) is 3.48. The van der Waals surface area contributed by atoms with E-state index >= 15 is 0 Å². The lowest BCUT2D eigenvalue weighted by molar-refractivity contribution is 0.185. The van der Waals surface area contributed by atoms with Gasteiger partial charge in [0, 0.05) is 25.4 Å². The summed E-state index contributed by atoms with van der Waals surface area (Å²) in [7, 11) is 1.71. The normalized spacial score (nSPS) is 15.8. The summed E-state index contributed by atoms with van der Waals surface area (Å²) in [4.78, 5) is 7.09. The van der Waals surface area contributed by atoms with Crippen LogP contribution in [-0.2, 0) is 11.3 Å². The summed E-state index contributed by atoms with van der Waals surface area (Å²) < 4.78 is 7.25. The number of ether oxygens (including phenoxy) is 1. The van der Waals surface area contributed by atoms with Gasteiger partial charge in [-0.3, -0.25) is 0 Å². The molecule has 2 aromatic heterocycles. The first kappa shape index (κ1) is 26.6. The molecule has 1 aliphatic rings. The van der Waals surface area contributed by atoms with Gasteiger partial charge in [-0.05, 0) is 37.8 Å². The van der Waals surface area contributed by atoms with Crippen molar-refractivity contribution in [2.45, 2.75) is 91.6 Å². The fraction of sp³-hybridized carbons (Fsp3) is 0.571. The van der Waals surface area contributed by atoms with E-state index in [1.54, 1.807) is 18.9 Å². The van der Waals surface area contributed by atoms with E-state index < -0.39 is 0 Å². The van der Waals surface area contributed by atoms with Crippen LogP contribution in [0.15, 0.2) is 34.9 Å². The number of imidazole rings is 1. The number of aromatic nitrogens is 3. The first-order valence-corrected chi connectivity index (χ1v) is 13.9. The predicted octanol–water partition coefficient (Wildman–Crippen LogP) is 6.83. The van der Waals surface area contributed by atoms with Crippen LogP contribution in [0.4, 0.5) is 0 Å². The number of unbranched alkanes of at least 4 members (excludes halogenated alkanes) is 9. The Balaban J connectivity index is 1.46. The second-order valence-corrected chi connectivity index (χ2v) is 10.1. The van der Waals surface area contributed by atoms with Crippen molar-refractivity contribution in [1.82, 2.24) is 19.5 Å². The van der Waals surface area contributed by atoms with Gasteiger partial charge in [-0.2, -0.15) is 5.10 Å². The molecule has 3 rings (SSSR count). The third kappa shape index (κ3) is 7.47. The fourth-order valence-corrected chi connectivity index (χ4v) is 5.18. The maximum absolute atomic E-state index is 5.32. The van der Waals surface area contributed by atoms with Gasteiger partial charge in [0.2, 0.25) is 0 Å². The van der Waals surface area contributed by atoms with Gasteiger partial charge in [0.25, 0.3) is 0 Å². The van der Waals surface area contributed by atoms with Crippen molar-refractivity contribution >= 4 is 23.5 Å². The lowest BCUT2D eigenvalue weighted by Crippen LogP contribution is -2.13. The minimum absolute atomic E-state index is 0.534. The van der Waals surface area contributed by atoms with Crippen molar-refractivity contribution in [3.05, 3.63) is 57.2 Å². The Kier molecular flexibility index (Phi) is 11.2. The molecule has 0 aliphatic carbocycles. The zero-order valence-electron chi connectivity index (χ0n) is 21.6. The largest absolute Gasteiger partial charge is 0.380 e. The van der Waals surface area contributed by atoms with Gasteiger partial charge in [0.1, 0.15) is 0 Å². The molecular formula is C28H42N4OS. The summed E-state index contributed by atoms with van der Waals surface area (Å²) in [5, 5.41) is 9.16. The van der Waals surface area contributed by atoms with Crippen LogP contribution >= 0.6 is 11.8 Å². The number of nitrogens with zero attached hydrogens (tertiary/aromatic N) is 4. The number of aryl methyl sites for hydroxylation is 2. The maximum Gasteiger partial charge on any atom is 0.161 e. The fourth-order valence-electron chi connectivity index (χ4n) is 4.39. The maximum atomic E-state index is 5.32. The van der Waals surface area contributed by atoms with Gasteiger partial charge in [-0.15, -0.1) is 0 Å². The molecule has 0 radical (unpaired) electrons. The molecule has 0 N–H and O–H groups in total. The van der Waals surface area contributed by atoms with Crippen LogP contribution in [-0.4, -0.2) is 33.2 Å². The van der Waals surface area contributed by atoms with E-state index in [1.807, 2.05) is 18.4 Å². The van der Waals surface area contributed by atoms with Crippen molar-refractivity contribution in [3.63, 3.8) is 0 Å². The van der Waals surface area contributed by atoms with Gasteiger partial charge >= 0.3 is 0 Å². The molecule has 0 spiro atoms. The zero-order valence-corrected chi connectivity index (χ0v) is 22.4. The topological polar surface area (TPSA) is 42.7 Å². The van der Waals surface area contributed by atoms with Gasteiger partial charge in [0.05, 0.1) is 28.4 Å². The number of hydrogen-bond donors (Lipinski definition) is 0. The quantitative estimate of drug-likeness (QED) is 0.260. The van der Waals surface area contributed by atoms with Crippen molar-refractivity contribution in [3.8, 4) is 0 Å². The molecule has 0 unspecified atom stereocenters. The van der Waals surface area contributed by atoms with Crippen LogP contribution in [0.2, 0.25) is 0 Å². The SMILES string of the molecule is CCCCCCCCCCCCN1C=CS\C1=C/C=C/C=c1/c(C)nc2c(COC)c(C)nn12. The van der Waals surface area contributed by atoms with Crippen LogP contribution in [0.5, 0.6) is 0 Å². The molecule has 5 nitrogen and oxygen atoms in total.